The van der Waals surface area contributed by atoms with Gasteiger partial charge in [0, 0.05) is 6.20 Å². The van der Waals surface area contributed by atoms with Crippen LogP contribution in [-0.4, -0.2) is 15.7 Å². The molecule has 1 unspecified atom stereocenters. The molecule has 2 aromatic rings. The first kappa shape index (κ1) is 13.6. The smallest absolute Gasteiger partial charge is 0.310 e. The van der Waals surface area contributed by atoms with Crippen LogP contribution in [-0.2, 0) is 22.7 Å². The fraction of sp³-hybridized carbons (Fsp3) is 0.286. The molecule has 2 rings (SSSR count). The van der Waals surface area contributed by atoms with E-state index in [4.69, 9.17) is 16.3 Å². The number of esters is 1. The van der Waals surface area contributed by atoms with Gasteiger partial charge in [0.15, 0.2) is 0 Å². The fourth-order valence-corrected chi connectivity index (χ4v) is 1.82. The van der Waals surface area contributed by atoms with Crippen molar-refractivity contribution in [3.8, 4) is 0 Å². The van der Waals surface area contributed by atoms with E-state index in [1.165, 1.54) is 0 Å². The van der Waals surface area contributed by atoms with Crippen LogP contribution in [0.3, 0.4) is 0 Å². The lowest BCUT2D eigenvalue weighted by Crippen LogP contribution is -2.20. The van der Waals surface area contributed by atoms with E-state index in [0.29, 0.717) is 18.2 Å². The molecule has 0 bridgehead atoms. The van der Waals surface area contributed by atoms with Gasteiger partial charge >= 0.3 is 5.97 Å². The Hall–Kier alpha value is -1.81. The number of halogens is 1. The van der Waals surface area contributed by atoms with Gasteiger partial charge in [-0.25, -0.2) is 0 Å². The molecule has 0 aliphatic rings. The summed E-state index contributed by atoms with van der Waals surface area (Å²) in [7, 11) is 0. The first-order valence-electron chi connectivity index (χ1n) is 6.03. The minimum absolute atomic E-state index is 0.240. The van der Waals surface area contributed by atoms with Gasteiger partial charge in [-0.1, -0.05) is 48.9 Å². The standard InChI is InChI=1S/C14H15ClN2O2/c1-11(8-17-9-13(15)7-16-17)14(18)19-10-12-5-3-2-4-6-12/h2-7,9,11H,8,10H2,1H3. The summed E-state index contributed by atoms with van der Waals surface area (Å²) in [6.07, 6.45) is 3.23. The lowest BCUT2D eigenvalue weighted by atomic mass is 10.2. The molecular formula is C14H15ClN2O2. The molecule has 1 heterocycles. The third-order valence-electron chi connectivity index (χ3n) is 2.69. The quantitative estimate of drug-likeness (QED) is 0.790. The molecule has 0 fully saturated rings. The number of ether oxygens (including phenoxy) is 1. The van der Waals surface area contributed by atoms with Gasteiger partial charge < -0.3 is 4.74 Å². The van der Waals surface area contributed by atoms with Crippen LogP contribution in [0.5, 0.6) is 0 Å². The van der Waals surface area contributed by atoms with Crippen molar-refractivity contribution in [1.82, 2.24) is 9.78 Å². The van der Waals surface area contributed by atoms with Crippen molar-refractivity contribution in [2.75, 3.05) is 0 Å². The Labute approximate surface area is 116 Å². The van der Waals surface area contributed by atoms with E-state index in [0.717, 1.165) is 5.56 Å². The lowest BCUT2D eigenvalue weighted by Gasteiger charge is -2.11. The topological polar surface area (TPSA) is 44.1 Å². The molecule has 1 aromatic carbocycles. The van der Waals surface area contributed by atoms with Gasteiger partial charge in [0.1, 0.15) is 6.61 Å². The maximum atomic E-state index is 11.8. The Morgan fingerprint density at radius 1 is 1.42 bits per heavy atom. The number of rotatable bonds is 5. The van der Waals surface area contributed by atoms with Gasteiger partial charge in [-0.05, 0) is 5.56 Å². The van der Waals surface area contributed by atoms with Gasteiger partial charge in [0.05, 0.1) is 23.7 Å². The molecule has 4 nitrogen and oxygen atoms in total. The molecule has 0 amide bonds. The molecule has 1 atom stereocenters. The summed E-state index contributed by atoms with van der Waals surface area (Å²) in [6.45, 7) is 2.56. The molecule has 100 valence electrons. The summed E-state index contributed by atoms with van der Waals surface area (Å²) < 4.78 is 6.89. The predicted molar refractivity (Wildman–Crippen MR) is 72.6 cm³/mol. The Balaban J connectivity index is 1.82. The highest BCUT2D eigenvalue weighted by atomic mass is 35.5. The Bertz CT molecular complexity index is 539. The number of hydrogen-bond acceptors (Lipinski definition) is 3. The van der Waals surface area contributed by atoms with Crippen molar-refractivity contribution in [1.29, 1.82) is 0 Å². The number of carbonyl (C=O) groups excluding carboxylic acids is 1. The van der Waals surface area contributed by atoms with Crippen molar-refractivity contribution >= 4 is 17.6 Å². The van der Waals surface area contributed by atoms with Crippen LogP contribution in [0, 0.1) is 5.92 Å². The number of nitrogens with zero attached hydrogens (tertiary/aromatic N) is 2. The zero-order valence-corrected chi connectivity index (χ0v) is 11.4. The second-order valence-corrected chi connectivity index (χ2v) is 4.81. The van der Waals surface area contributed by atoms with Crippen molar-refractivity contribution in [3.63, 3.8) is 0 Å². The molecule has 0 aliphatic carbocycles. The van der Waals surface area contributed by atoms with E-state index in [1.807, 2.05) is 37.3 Å². The summed E-state index contributed by atoms with van der Waals surface area (Å²) in [6, 6.07) is 9.60. The fourth-order valence-electron chi connectivity index (χ4n) is 1.66. The second-order valence-electron chi connectivity index (χ2n) is 4.37. The normalized spacial score (nSPS) is 12.1. The molecule has 1 aromatic heterocycles. The van der Waals surface area contributed by atoms with Crippen LogP contribution in [0.4, 0.5) is 0 Å². The maximum absolute atomic E-state index is 11.8. The molecule has 5 heteroatoms. The van der Waals surface area contributed by atoms with E-state index in [1.54, 1.807) is 17.1 Å². The SMILES string of the molecule is CC(Cn1cc(Cl)cn1)C(=O)OCc1ccccc1. The number of carbonyl (C=O) groups is 1. The predicted octanol–water partition coefficient (Wildman–Crippen LogP) is 2.92. The Morgan fingerprint density at radius 2 is 2.16 bits per heavy atom. The highest BCUT2D eigenvalue weighted by Gasteiger charge is 2.15. The molecule has 0 radical (unpaired) electrons. The highest BCUT2D eigenvalue weighted by Crippen LogP contribution is 2.09. The number of hydrogen-bond donors (Lipinski definition) is 0. The minimum Gasteiger partial charge on any atom is -0.461 e. The second kappa shape index (κ2) is 6.38. The summed E-state index contributed by atoms with van der Waals surface area (Å²) in [5, 5.41) is 4.59. The van der Waals surface area contributed by atoms with E-state index in [9.17, 15) is 4.79 Å². The van der Waals surface area contributed by atoms with E-state index >= 15 is 0 Å². The third kappa shape index (κ3) is 4.10. The number of aromatic nitrogens is 2. The van der Waals surface area contributed by atoms with E-state index in [2.05, 4.69) is 5.10 Å². The van der Waals surface area contributed by atoms with Crippen molar-refractivity contribution < 1.29 is 9.53 Å². The summed E-state index contributed by atoms with van der Waals surface area (Å²) in [5.41, 5.74) is 0.977. The Kier molecular flexibility index (Phi) is 4.58. The van der Waals surface area contributed by atoms with Gasteiger partial charge in [-0.3, -0.25) is 9.48 Å². The monoisotopic (exact) mass is 278 g/mol. The van der Waals surface area contributed by atoms with Crippen LogP contribution < -0.4 is 0 Å². The zero-order chi connectivity index (χ0) is 13.7. The molecule has 0 aliphatic heterocycles. The van der Waals surface area contributed by atoms with Gasteiger partial charge in [-0.2, -0.15) is 5.10 Å². The average molecular weight is 279 g/mol. The van der Waals surface area contributed by atoms with Crippen LogP contribution in [0.15, 0.2) is 42.7 Å². The first-order chi connectivity index (χ1) is 9.15. The van der Waals surface area contributed by atoms with Crippen LogP contribution in [0.25, 0.3) is 0 Å². The van der Waals surface area contributed by atoms with Gasteiger partial charge in [-0.15, -0.1) is 0 Å². The van der Waals surface area contributed by atoms with E-state index in [-0.39, 0.29) is 11.9 Å². The van der Waals surface area contributed by atoms with E-state index < -0.39 is 0 Å². The van der Waals surface area contributed by atoms with Crippen molar-refractivity contribution in [2.45, 2.75) is 20.1 Å². The Morgan fingerprint density at radius 3 is 2.79 bits per heavy atom. The van der Waals surface area contributed by atoms with Gasteiger partial charge in [0.25, 0.3) is 0 Å². The highest BCUT2D eigenvalue weighted by molar-refractivity contribution is 6.30. The molecule has 0 spiro atoms. The van der Waals surface area contributed by atoms with Gasteiger partial charge in [0.2, 0.25) is 0 Å². The summed E-state index contributed by atoms with van der Waals surface area (Å²) in [4.78, 5) is 11.8. The van der Waals surface area contributed by atoms with Crippen LogP contribution >= 0.6 is 11.6 Å². The first-order valence-corrected chi connectivity index (χ1v) is 6.41. The zero-order valence-electron chi connectivity index (χ0n) is 10.6. The molecule has 0 N–H and O–H groups in total. The molecular weight excluding hydrogens is 264 g/mol. The number of benzene rings is 1. The molecule has 19 heavy (non-hydrogen) atoms. The lowest BCUT2D eigenvalue weighted by molar-refractivity contribution is -0.149. The summed E-state index contributed by atoms with van der Waals surface area (Å²) >= 11 is 5.77. The molecule has 0 saturated carbocycles. The van der Waals surface area contributed by atoms with Crippen molar-refractivity contribution in [3.05, 3.63) is 53.3 Å². The maximum Gasteiger partial charge on any atom is 0.310 e. The van der Waals surface area contributed by atoms with Crippen molar-refractivity contribution in [2.24, 2.45) is 5.92 Å². The third-order valence-corrected chi connectivity index (χ3v) is 2.88. The minimum atomic E-state index is -0.264. The average Bonchev–Trinajstić information content (AvgIpc) is 2.82. The largest absolute Gasteiger partial charge is 0.461 e. The van der Waals surface area contributed by atoms with Crippen LogP contribution in [0.2, 0.25) is 5.02 Å². The summed E-state index contributed by atoms with van der Waals surface area (Å²) in [5.74, 6) is -0.504. The molecule has 0 saturated heterocycles. The van der Waals surface area contributed by atoms with Crippen LogP contribution in [0.1, 0.15) is 12.5 Å².